The van der Waals surface area contributed by atoms with Crippen LogP contribution in [-0.2, 0) is 19.1 Å². The molecule has 5 heteroatoms. The molecule has 0 saturated carbocycles. The molecule has 0 bridgehead atoms. The molecule has 0 fully saturated rings. The Hall–Kier alpha value is -1.64. The molecule has 0 aliphatic carbocycles. The van der Waals surface area contributed by atoms with E-state index in [9.17, 15) is 14.7 Å². The number of ketones is 1. The van der Waals surface area contributed by atoms with Crippen molar-refractivity contribution < 1.29 is 24.2 Å². The van der Waals surface area contributed by atoms with Gasteiger partial charge in [-0.15, -0.1) is 12.3 Å². The number of aliphatic hydroxyl groups is 1. The number of hydrogen-bond acceptors (Lipinski definition) is 5. The summed E-state index contributed by atoms with van der Waals surface area (Å²) in [6.07, 6.45) is 8.55. The number of aliphatic hydroxyl groups excluding tert-OH is 1. The van der Waals surface area contributed by atoms with Crippen LogP contribution in [0.3, 0.4) is 0 Å². The summed E-state index contributed by atoms with van der Waals surface area (Å²) >= 11 is 0. The monoisotopic (exact) mass is 338 g/mol. The van der Waals surface area contributed by atoms with Crippen molar-refractivity contribution in [3.63, 3.8) is 0 Å². The number of terminal acetylenes is 1. The summed E-state index contributed by atoms with van der Waals surface area (Å²) in [5.74, 6) is 2.16. The van der Waals surface area contributed by atoms with Crippen molar-refractivity contribution in [2.75, 3.05) is 13.2 Å². The average Bonchev–Trinajstić information content (AvgIpc) is 2.47. The Morgan fingerprint density at radius 3 is 2.58 bits per heavy atom. The minimum Gasteiger partial charge on any atom is -0.466 e. The maximum Gasteiger partial charge on any atom is 0.308 e. The highest BCUT2D eigenvalue weighted by molar-refractivity contribution is 5.81. The number of esters is 1. The summed E-state index contributed by atoms with van der Waals surface area (Å²) in [6, 6.07) is 0. The molecule has 0 aromatic rings. The summed E-state index contributed by atoms with van der Waals surface area (Å²) in [5.41, 5.74) is 0.874. The van der Waals surface area contributed by atoms with Crippen LogP contribution < -0.4 is 0 Å². The Morgan fingerprint density at radius 1 is 1.29 bits per heavy atom. The van der Waals surface area contributed by atoms with E-state index in [1.54, 1.807) is 13.0 Å². The first kappa shape index (κ1) is 22.4. The molecule has 0 spiro atoms. The zero-order valence-electron chi connectivity index (χ0n) is 15.0. The van der Waals surface area contributed by atoms with Crippen molar-refractivity contribution >= 4 is 11.8 Å². The first-order valence-electron chi connectivity index (χ1n) is 8.48. The van der Waals surface area contributed by atoms with Crippen LogP contribution in [0.5, 0.6) is 0 Å². The van der Waals surface area contributed by atoms with Crippen LogP contribution in [0.1, 0.15) is 59.3 Å². The molecular weight excluding hydrogens is 308 g/mol. The molecule has 0 aromatic heterocycles. The van der Waals surface area contributed by atoms with Gasteiger partial charge in [0.05, 0.1) is 31.8 Å². The predicted octanol–water partition coefficient (Wildman–Crippen LogP) is 2.80. The zero-order chi connectivity index (χ0) is 18.4. The first-order chi connectivity index (χ1) is 11.4. The summed E-state index contributed by atoms with van der Waals surface area (Å²) in [7, 11) is 0. The lowest BCUT2D eigenvalue weighted by Gasteiger charge is -2.14. The van der Waals surface area contributed by atoms with Gasteiger partial charge in [0.1, 0.15) is 5.78 Å². The van der Waals surface area contributed by atoms with Gasteiger partial charge in [-0.1, -0.05) is 25.0 Å². The molecule has 24 heavy (non-hydrogen) atoms. The Morgan fingerprint density at radius 2 is 2.00 bits per heavy atom. The molecule has 0 aromatic carbocycles. The minimum absolute atomic E-state index is 0.0106. The Kier molecular flexibility index (Phi) is 12.8. The third-order valence-corrected chi connectivity index (χ3v) is 3.37. The van der Waals surface area contributed by atoms with Crippen LogP contribution in [0.2, 0.25) is 0 Å². The number of ether oxygens (including phenoxy) is 2. The molecule has 0 aliphatic heterocycles. The highest BCUT2D eigenvalue weighted by Gasteiger charge is 2.14. The fourth-order valence-corrected chi connectivity index (χ4v) is 2.21. The Balaban J connectivity index is 4.25. The fourth-order valence-electron chi connectivity index (χ4n) is 2.21. The normalized spacial score (nSPS) is 13.9. The molecule has 1 N–H and O–H groups in total. The smallest absolute Gasteiger partial charge is 0.308 e. The highest BCUT2D eigenvalue weighted by atomic mass is 16.5. The molecule has 0 heterocycles. The lowest BCUT2D eigenvalue weighted by molar-refractivity contribution is -0.146. The number of Topliss-reactive ketones (excluding diaryl/α,β-unsaturated/α-hetero) is 1. The largest absolute Gasteiger partial charge is 0.466 e. The lowest BCUT2D eigenvalue weighted by Crippen LogP contribution is -2.19. The van der Waals surface area contributed by atoms with E-state index < -0.39 is 6.10 Å². The molecule has 2 atom stereocenters. The molecule has 0 aliphatic rings. The summed E-state index contributed by atoms with van der Waals surface area (Å²) < 4.78 is 10.5. The third-order valence-electron chi connectivity index (χ3n) is 3.37. The number of rotatable bonds is 13. The zero-order valence-corrected chi connectivity index (χ0v) is 15.0. The average molecular weight is 338 g/mol. The fraction of sp³-hybridized carbons (Fsp3) is 0.684. The lowest BCUT2D eigenvalue weighted by atomic mass is 10.0. The van der Waals surface area contributed by atoms with Gasteiger partial charge in [0.2, 0.25) is 0 Å². The molecule has 0 rings (SSSR count). The van der Waals surface area contributed by atoms with E-state index in [1.165, 1.54) is 0 Å². The van der Waals surface area contributed by atoms with Gasteiger partial charge in [0.25, 0.3) is 0 Å². The van der Waals surface area contributed by atoms with Gasteiger partial charge >= 0.3 is 5.97 Å². The van der Waals surface area contributed by atoms with Crippen LogP contribution in [0, 0.1) is 12.3 Å². The van der Waals surface area contributed by atoms with E-state index in [0.717, 1.165) is 12.0 Å². The highest BCUT2D eigenvalue weighted by Crippen LogP contribution is 2.10. The molecule has 136 valence electrons. The van der Waals surface area contributed by atoms with Gasteiger partial charge in [0.15, 0.2) is 0 Å². The molecule has 5 nitrogen and oxygen atoms in total. The Bertz CT molecular complexity index is 447. The van der Waals surface area contributed by atoms with Crippen molar-refractivity contribution in [1.82, 2.24) is 0 Å². The second kappa shape index (κ2) is 13.8. The maximum absolute atomic E-state index is 11.8. The summed E-state index contributed by atoms with van der Waals surface area (Å²) in [4.78, 5) is 23.3. The van der Waals surface area contributed by atoms with Gasteiger partial charge in [-0.25, -0.2) is 0 Å². The molecule has 0 amide bonds. The molecular formula is C19H30O5. The third kappa shape index (κ3) is 11.9. The van der Waals surface area contributed by atoms with Gasteiger partial charge in [-0.05, 0) is 20.3 Å². The molecule has 0 unspecified atom stereocenters. The van der Waals surface area contributed by atoms with Crippen molar-refractivity contribution in [2.45, 2.75) is 71.5 Å². The SMILES string of the molecule is C#CC[C@H](CC(=O)OCC)OC/C=C(\C)CC(=O)C[C@@H](O)CCC. The van der Waals surface area contributed by atoms with Crippen molar-refractivity contribution in [3.8, 4) is 12.3 Å². The summed E-state index contributed by atoms with van der Waals surface area (Å²) in [5, 5.41) is 9.64. The number of allylic oxidation sites excluding steroid dienone is 1. The number of hydrogen-bond donors (Lipinski definition) is 1. The second-order valence-corrected chi connectivity index (χ2v) is 5.79. The first-order valence-corrected chi connectivity index (χ1v) is 8.48. The van der Waals surface area contributed by atoms with Crippen molar-refractivity contribution in [3.05, 3.63) is 11.6 Å². The standard InChI is InChI=1S/C19H30O5/c1-5-8-16(20)13-17(21)12-15(4)10-11-24-18(9-6-2)14-19(22)23-7-3/h2,10,16,18,20H,5,7-9,11-14H2,1,3-4H3/b15-10+/t16-,18+/m0/s1. The van der Waals surface area contributed by atoms with Crippen molar-refractivity contribution in [1.29, 1.82) is 0 Å². The predicted molar refractivity (Wildman–Crippen MR) is 93.4 cm³/mol. The number of carbonyl (C=O) groups is 2. The second-order valence-electron chi connectivity index (χ2n) is 5.79. The topological polar surface area (TPSA) is 72.8 Å². The van der Waals surface area contributed by atoms with E-state index in [-0.39, 0.29) is 37.3 Å². The van der Waals surface area contributed by atoms with Crippen LogP contribution in [0.15, 0.2) is 11.6 Å². The van der Waals surface area contributed by atoms with E-state index in [2.05, 4.69) is 5.92 Å². The van der Waals surface area contributed by atoms with Gasteiger partial charge < -0.3 is 14.6 Å². The summed E-state index contributed by atoms with van der Waals surface area (Å²) in [6.45, 7) is 6.17. The quantitative estimate of drug-likeness (QED) is 0.318. The van der Waals surface area contributed by atoms with Crippen LogP contribution in [0.25, 0.3) is 0 Å². The van der Waals surface area contributed by atoms with Crippen LogP contribution in [0.4, 0.5) is 0 Å². The van der Waals surface area contributed by atoms with Crippen LogP contribution in [-0.4, -0.2) is 42.3 Å². The van der Waals surface area contributed by atoms with E-state index in [0.29, 0.717) is 25.9 Å². The van der Waals surface area contributed by atoms with Gasteiger partial charge in [0, 0.05) is 19.3 Å². The van der Waals surface area contributed by atoms with Gasteiger partial charge in [-0.2, -0.15) is 0 Å². The van der Waals surface area contributed by atoms with E-state index in [4.69, 9.17) is 15.9 Å². The number of carbonyl (C=O) groups excluding carboxylic acids is 2. The Labute approximate surface area is 145 Å². The van der Waals surface area contributed by atoms with Gasteiger partial charge in [-0.3, -0.25) is 9.59 Å². The minimum atomic E-state index is -0.559. The molecule has 0 saturated heterocycles. The van der Waals surface area contributed by atoms with E-state index >= 15 is 0 Å². The van der Waals surface area contributed by atoms with Crippen molar-refractivity contribution in [2.24, 2.45) is 0 Å². The van der Waals surface area contributed by atoms with Crippen LogP contribution >= 0.6 is 0 Å². The van der Waals surface area contributed by atoms with E-state index in [1.807, 2.05) is 13.8 Å². The maximum atomic E-state index is 11.8. The molecule has 0 radical (unpaired) electrons.